The number of carbonyl (C=O) groups is 1. The van der Waals surface area contributed by atoms with Gasteiger partial charge in [-0.25, -0.2) is 13.4 Å². The molecule has 1 aliphatic heterocycles. The Kier molecular flexibility index (Phi) is 4.94. The molecule has 0 saturated carbocycles. The average Bonchev–Trinajstić information content (AvgIpc) is 3.18. The van der Waals surface area contributed by atoms with Gasteiger partial charge >= 0.3 is 0 Å². The Morgan fingerprint density at radius 2 is 1.80 bits per heavy atom. The fourth-order valence-corrected chi connectivity index (χ4v) is 4.23. The molecule has 0 bridgehead atoms. The number of rotatable bonds is 5. The standard InChI is InChI=1S/C18H22N2O4S/c1-13-5-7-15(8-6-13)18-19-16(14(2)24-18)11-25(22,23)12-17(21)20-9-3-4-10-20/h5-8H,3-4,9-12H2,1-2H3. The minimum absolute atomic E-state index is 0.284. The lowest BCUT2D eigenvalue weighted by atomic mass is 10.1. The summed E-state index contributed by atoms with van der Waals surface area (Å²) in [6.45, 7) is 4.97. The Morgan fingerprint density at radius 1 is 1.16 bits per heavy atom. The molecular formula is C18H22N2O4S. The Morgan fingerprint density at radius 3 is 2.44 bits per heavy atom. The van der Waals surface area contributed by atoms with E-state index >= 15 is 0 Å². The number of carbonyl (C=O) groups excluding carboxylic acids is 1. The Bertz CT molecular complexity index is 863. The van der Waals surface area contributed by atoms with Crippen molar-refractivity contribution in [2.45, 2.75) is 32.4 Å². The maximum atomic E-state index is 12.4. The largest absolute Gasteiger partial charge is 0.441 e. The number of hydrogen-bond donors (Lipinski definition) is 0. The zero-order valence-electron chi connectivity index (χ0n) is 14.5. The lowest BCUT2D eigenvalue weighted by Gasteiger charge is -2.14. The van der Waals surface area contributed by atoms with Crippen molar-refractivity contribution in [2.75, 3.05) is 18.8 Å². The number of likely N-dealkylation sites (tertiary alicyclic amines) is 1. The molecule has 1 aromatic carbocycles. The van der Waals surface area contributed by atoms with Crippen LogP contribution in [0, 0.1) is 13.8 Å². The van der Waals surface area contributed by atoms with Crippen molar-refractivity contribution in [3.8, 4) is 11.5 Å². The molecule has 0 radical (unpaired) electrons. The molecule has 2 heterocycles. The van der Waals surface area contributed by atoms with Crippen LogP contribution in [0.25, 0.3) is 11.5 Å². The topological polar surface area (TPSA) is 80.5 Å². The van der Waals surface area contributed by atoms with E-state index in [4.69, 9.17) is 4.42 Å². The molecule has 1 amide bonds. The van der Waals surface area contributed by atoms with E-state index in [1.54, 1.807) is 11.8 Å². The number of oxazole rings is 1. The molecule has 0 atom stereocenters. The second-order valence-electron chi connectivity index (χ2n) is 6.51. The van der Waals surface area contributed by atoms with Crippen molar-refractivity contribution in [1.29, 1.82) is 0 Å². The molecule has 0 unspecified atom stereocenters. The number of hydrogen-bond acceptors (Lipinski definition) is 5. The third kappa shape index (κ3) is 4.28. The number of aryl methyl sites for hydroxylation is 2. The molecule has 2 aromatic rings. The van der Waals surface area contributed by atoms with Crippen LogP contribution in [-0.2, 0) is 20.4 Å². The first-order valence-corrected chi connectivity index (χ1v) is 10.2. The Hall–Kier alpha value is -2.15. The smallest absolute Gasteiger partial charge is 0.237 e. The van der Waals surface area contributed by atoms with E-state index in [1.165, 1.54) is 0 Å². The molecule has 0 aliphatic carbocycles. The van der Waals surface area contributed by atoms with Gasteiger partial charge in [0.15, 0.2) is 9.84 Å². The van der Waals surface area contributed by atoms with Crippen LogP contribution in [-0.4, -0.2) is 43.1 Å². The first kappa shape index (κ1) is 17.7. The zero-order chi connectivity index (χ0) is 18.0. The van der Waals surface area contributed by atoms with Crippen LogP contribution in [0.4, 0.5) is 0 Å². The molecule has 1 aromatic heterocycles. The van der Waals surface area contributed by atoms with Gasteiger partial charge in [-0.15, -0.1) is 0 Å². The highest BCUT2D eigenvalue weighted by molar-refractivity contribution is 7.91. The quantitative estimate of drug-likeness (QED) is 0.816. The first-order chi connectivity index (χ1) is 11.8. The van der Waals surface area contributed by atoms with Gasteiger partial charge in [-0.1, -0.05) is 17.7 Å². The first-order valence-electron chi connectivity index (χ1n) is 8.35. The summed E-state index contributed by atoms with van der Waals surface area (Å²) in [6.07, 6.45) is 1.88. The summed E-state index contributed by atoms with van der Waals surface area (Å²) in [6, 6.07) is 7.66. The van der Waals surface area contributed by atoms with Gasteiger partial charge in [-0.2, -0.15) is 0 Å². The number of nitrogens with zero attached hydrogens (tertiary/aromatic N) is 2. The third-order valence-corrected chi connectivity index (χ3v) is 5.75. The van der Waals surface area contributed by atoms with Crippen LogP contribution >= 0.6 is 0 Å². The molecule has 7 heteroatoms. The van der Waals surface area contributed by atoms with E-state index in [0.717, 1.165) is 24.0 Å². The number of aromatic nitrogens is 1. The highest BCUT2D eigenvalue weighted by atomic mass is 32.2. The summed E-state index contributed by atoms with van der Waals surface area (Å²) in [5, 5.41) is 0. The molecule has 0 N–H and O–H groups in total. The van der Waals surface area contributed by atoms with E-state index < -0.39 is 15.6 Å². The van der Waals surface area contributed by atoms with Crippen molar-refractivity contribution in [3.05, 3.63) is 41.3 Å². The van der Waals surface area contributed by atoms with E-state index in [9.17, 15) is 13.2 Å². The van der Waals surface area contributed by atoms with Gasteiger partial charge in [0.25, 0.3) is 0 Å². The molecule has 134 valence electrons. The van der Waals surface area contributed by atoms with E-state index in [-0.39, 0.29) is 11.7 Å². The second-order valence-corrected chi connectivity index (χ2v) is 8.57. The molecule has 0 spiro atoms. The van der Waals surface area contributed by atoms with Crippen LogP contribution in [0.3, 0.4) is 0 Å². The van der Waals surface area contributed by atoms with Gasteiger partial charge in [-0.3, -0.25) is 4.79 Å². The van der Waals surface area contributed by atoms with E-state index in [0.29, 0.717) is 30.4 Å². The molecule has 1 saturated heterocycles. The number of benzene rings is 1. The lowest BCUT2D eigenvalue weighted by molar-refractivity contribution is -0.127. The molecule has 3 rings (SSSR count). The summed E-state index contributed by atoms with van der Waals surface area (Å²) in [4.78, 5) is 18.0. The van der Waals surface area contributed by atoms with Crippen molar-refractivity contribution in [3.63, 3.8) is 0 Å². The maximum absolute atomic E-state index is 12.4. The van der Waals surface area contributed by atoms with Gasteiger partial charge in [0, 0.05) is 18.7 Å². The predicted octanol–water partition coefficient (Wildman–Crippen LogP) is 2.50. The van der Waals surface area contributed by atoms with Gasteiger partial charge in [0.1, 0.15) is 11.5 Å². The lowest BCUT2D eigenvalue weighted by Crippen LogP contribution is -2.33. The highest BCUT2D eigenvalue weighted by Gasteiger charge is 2.26. The highest BCUT2D eigenvalue weighted by Crippen LogP contribution is 2.23. The summed E-state index contributed by atoms with van der Waals surface area (Å²) in [7, 11) is -3.58. The SMILES string of the molecule is Cc1ccc(-c2nc(CS(=O)(=O)CC(=O)N3CCCC3)c(C)o2)cc1. The van der Waals surface area contributed by atoms with Crippen LogP contribution in [0.5, 0.6) is 0 Å². The second kappa shape index (κ2) is 7.00. The van der Waals surface area contributed by atoms with Crippen molar-refractivity contribution in [2.24, 2.45) is 0 Å². The molecule has 6 nitrogen and oxygen atoms in total. The predicted molar refractivity (Wildman–Crippen MR) is 94.7 cm³/mol. The normalized spacial score (nSPS) is 14.9. The fraction of sp³-hybridized carbons (Fsp3) is 0.444. The minimum atomic E-state index is -3.58. The van der Waals surface area contributed by atoms with Gasteiger partial charge in [-0.05, 0) is 38.8 Å². The number of sulfone groups is 1. The van der Waals surface area contributed by atoms with Crippen LogP contribution in [0.15, 0.2) is 28.7 Å². The van der Waals surface area contributed by atoms with Crippen LogP contribution < -0.4 is 0 Å². The average molecular weight is 362 g/mol. The monoisotopic (exact) mass is 362 g/mol. The van der Waals surface area contributed by atoms with Crippen LogP contribution in [0.1, 0.15) is 29.9 Å². The Labute approximate surface area is 147 Å². The van der Waals surface area contributed by atoms with Gasteiger partial charge < -0.3 is 9.32 Å². The molecular weight excluding hydrogens is 340 g/mol. The van der Waals surface area contributed by atoms with E-state index in [2.05, 4.69) is 4.98 Å². The molecule has 1 fully saturated rings. The maximum Gasteiger partial charge on any atom is 0.237 e. The van der Waals surface area contributed by atoms with Crippen molar-refractivity contribution in [1.82, 2.24) is 9.88 Å². The summed E-state index contributed by atoms with van der Waals surface area (Å²) >= 11 is 0. The summed E-state index contributed by atoms with van der Waals surface area (Å²) < 4.78 is 30.4. The molecule has 1 aliphatic rings. The van der Waals surface area contributed by atoms with E-state index in [1.807, 2.05) is 31.2 Å². The molecule has 25 heavy (non-hydrogen) atoms. The number of amides is 1. The minimum Gasteiger partial charge on any atom is -0.441 e. The van der Waals surface area contributed by atoms with Gasteiger partial charge in [0.05, 0.1) is 11.4 Å². The summed E-state index contributed by atoms with van der Waals surface area (Å²) in [5.41, 5.74) is 2.28. The van der Waals surface area contributed by atoms with Crippen molar-refractivity contribution >= 4 is 15.7 Å². The summed E-state index contributed by atoms with van der Waals surface area (Å²) in [5.74, 6) is -0.216. The van der Waals surface area contributed by atoms with Gasteiger partial charge in [0.2, 0.25) is 11.8 Å². The van der Waals surface area contributed by atoms with Crippen LogP contribution in [0.2, 0.25) is 0 Å². The van der Waals surface area contributed by atoms with Crippen molar-refractivity contribution < 1.29 is 17.6 Å². The fourth-order valence-electron chi connectivity index (χ4n) is 2.89. The zero-order valence-corrected chi connectivity index (χ0v) is 15.3. The Balaban J connectivity index is 1.73. The third-order valence-electron chi connectivity index (χ3n) is 4.35.